The van der Waals surface area contributed by atoms with Crippen LogP contribution >= 0.6 is 0 Å². The van der Waals surface area contributed by atoms with E-state index in [0.717, 1.165) is 0 Å². The summed E-state index contributed by atoms with van der Waals surface area (Å²) in [5.74, 6) is -1.48. The van der Waals surface area contributed by atoms with Crippen molar-refractivity contribution in [3.8, 4) is 0 Å². The Balaban J connectivity index is 1.93. The molecule has 0 aliphatic carbocycles. The molecule has 2 aromatic carbocycles. The number of carbonyl (C=O) groups excluding carboxylic acids is 2. The summed E-state index contributed by atoms with van der Waals surface area (Å²) in [6.45, 7) is 0. The van der Waals surface area contributed by atoms with Crippen LogP contribution < -0.4 is 11.1 Å². The molecule has 24 heavy (non-hydrogen) atoms. The molecule has 3 aromatic rings. The molecule has 0 unspecified atom stereocenters. The average Bonchev–Trinajstić information content (AvgIpc) is 2.88. The summed E-state index contributed by atoms with van der Waals surface area (Å²) in [6, 6.07) is 11.2. The van der Waals surface area contributed by atoms with Gasteiger partial charge in [-0.3, -0.25) is 9.36 Å². The molecular weight excluding hydrogens is 312 g/mol. The first-order valence-corrected chi connectivity index (χ1v) is 7.09. The van der Waals surface area contributed by atoms with Crippen LogP contribution in [0.15, 0.2) is 51.7 Å². The lowest BCUT2D eigenvalue weighted by Crippen LogP contribution is -2.15. The van der Waals surface area contributed by atoms with Crippen LogP contribution in [0.2, 0.25) is 0 Å². The van der Waals surface area contributed by atoms with Gasteiger partial charge in [0.2, 0.25) is 0 Å². The molecule has 0 bridgehead atoms. The SMILES string of the molecule is COC(=O)c1ccccc1NC(=O)c1ccc2c(c1)oc(=O)n2C. The summed E-state index contributed by atoms with van der Waals surface area (Å²) in [6.07, 6.45) is 0. The van der Waals surface area contributed by atoms with Crippen molar-refractivity contribution in [1.29, 1.82) is 0 Å². The van der Waals surface area contributed by atoms with Crippen molar-refractivity contribution in [3.63, 3.8) is 0 Å². The number of anilines is 1. The fourth-order valence-electron chi connectivity index (χ4n) is 2.35. The number of nitrogens with one attached hydrogen (secondary N) is 1. The van der Waals surface area contributed by atoms with E-state index in [4.69, 9.17) is 9.15 Å². The molecule has 0 aliphatic heterocycles. The Labute approximate surface area is 136 Å². The van der Waals surface area contributed by atoms with Crippen LogP contribution in [0.4, 0.5) is 5.69 Å². The van der Waals surface area contributed by atoms with E-state index in [-0.39, 0.29) is 5.56 Å². The van der Waals surface area contributed by atoms with E-state index in [1.54, 1.807) is 43.4 Å². The number of benzene rings is 2. The van der Waals surface area contributed by atoms with E-state index < -0.39 is 17.6 Å². The van der Waals surface area contributed by atoms with Gasteiger partial charge in [0.15, 0.2) is 5.58 Å². The molecule has 0 spiro atoms. The fourth-order valence-corrected chi connectivity index (χ4v) is 2.35. The van der Waals surface area contributed by atoms with Crippen LogP contribution in [0.5, 0.6) is 0 Å². The molecule has 7 nitrogen and oxygen atoms in total. The Morgan fingerprint density at radius 1 is 1.17 bits per heavy atom. The second kappa shape index (κ2) is 6.04. The van der Waals surface area contributed by atoms with Crippen LogP contribution in [0, 0.1) is 0 Å². The van der Waals surface area contributed by atoms with Crippen molar-refractivity contribution in [1.82, 2.24) is 4.57 Å². The third kappa shape index (κ3) is 2.67. The lowest BCUT2D eigenvalue weighted by atomic mass is 10.1. The summed E-state index contributed by atoms with van der Waals surface area (Å²) in [5, 5.41) is 2.66. The van der Waals surface area contributed by atoms with Crippen molar-refractivity contribution in [2.45, 2.75) is 0 Å². The molecule has 3 rings (SSSR count). The van der Waals surface area contributed by atoms with E-state index >= 15 is 0 Å². The van der Waals surface area contributed by atoms with Crippen LogP contribution in [0.3, 0.4) is 0 Å². The van der Waals surface area contributed by atoms with Crippen LogP contribution in [-0.2, 0) is 11.8 Å². The first kappa shape index (κ1) is 15.5. The molecule has 1 N–H and O–H groups in total. The first-order valence-electron chi connectivity index (χ1n) is 7.09. The van der Waals surface area contributed by atoms with Crippen molar-refractivity contribution in [2.24, 2.45) is 7.05 Å². The number of hydrogen-bond acceptors (Lipinski definition) is 5. The van der Waals surface area contributed by atoms with Gasteiger partial charge in [-0.2, -0.15) is 0 Å². The van der Waals surface area contributed by atoms with Crippen molar-refractivity contribution >= 4 is 28.7 Å². The molecule has 0 saturated heterocycles. The number of aromatic nitrogens is 1. The number of carbonyl (C=O) groups is 2. The Morgan fingerprint density at radius 2 is 1.92 bits per heavy atom. The number of fused-ring (bicyclic) bond motifs is 1. The molecule has 7 heteroatoms. The van der Waals surface area contributed by atoms with Gasteiger partial charge in [0.1, 0.15) is 0 Å². The van der Waals surface area contributed by atoms with E-state index in [9.17, 15) is 14.4 Å². The summed E-state index contributed by atoms with van der Waals surface area (Å²) < 4.78 is 11.1. The maximum absolute atomic E-state index is 12.4. The van der Waals surface area contributed by atoms with Gasteiger partial charge >= 0.3 is 11.7 Å². The molecule has 0 saturated carbocycles. The second-order valence-corrected chi connectivity index (χ2v) is 5.10. The highest BCUT2D eigenvalue weighted by atomic mass is 16.5. The molecular formula is C17H14N2O5. The second-order valence-electron chi connectivity index (χ2n) is 5.10. The van der Waals surface area contributed by atoms with Crippen molar-refractivity contribution < 1.29 is 18.7 Å². The van der Waals surface area contributed by atoms with Gasteiger partial charge in [-0.25, -0.2) is 9.59 Å². The topological polar surface area (TPSA) is 90.5 Å². The van der Waals surface area contributed by atoms with E-state index in [2.05, 4.69) is 5.32 Å². The predicted octanol–water partition coefficient (Wildman–Crippen LogP) is 2.17. The third-order valence-corrected chi connectivity index (χ3v) is 3.64. The molecule has 0 aliphatic rings. The van der Waals surface area contributed by atoms with Gasteiger partial charge in [-0.1, -0.05) is 12.1 Å². The Hall–Kier alpha value is -3.35. The largest absolute Gasteiger partial charge is 0.465 e. The number of ether oxygens (including phenoxy) is 1. The van der Waals surface area contributed by atoms with Crippen LogP contribution in [0.1, 0.15) is 20.7 Å². The van der Waals surface area contributed by atoms with Crippen molar-refractivity contribution in [3.05, 3.63) is 64.1 Å². The average molecular weight is 326 g/mol. The highest BCUT2D eigenvalue weighted by Gasteiger charge is 2.15. The maximum Gasteiger partial charge on any atom is 0.419 e. The summed E-state index contributed by atoms with van der Waals surface area (Å²) in [5.41, 5.74) is 1.80. The van der Waals surface area contributed by atoms with Crippen LogP contribution in [0.25, 0.3) is 11.1 Å². The molecule has 0 fully saturated rings. The van der Waals surface area contributed by atoms with Gasteiger partial charge in [0.05, 0.1) is 23.9 Å². The zero-order valence-corrected chi connectivity index (χ0v) is 13.0. The van der Waals surface area contributed by atoms with Gasteiger partial charge in [0, 0.05) is 12.6 Å². The Morgan fingerprint density at radius 3 is 2.67 bits per heavy atom. The zero-order valence-electron chi connectivity index (χ0n) is 13.0. The lowest BCUT2D eigenvalue weighted by molar-refractivity contribution is 0.0602. The molecule has 1 aromatic heterocycles. The monoisotopic (exact) mass is 326 g/mol. The smallest absolute Gasteiger partial charge is 0.419 e. The number of esters is 1. The third-order valence-electron chi connectivity index (χ3n) is 3.64. The summed E-state index contributed by atoms with van der Waals surface area (Å²) >= 11 is 0. The van der Waals surface area contributed by atoms with E-state index in [1.807, 2.05) is 0 Å². The lowest BCUT2D eigenvalue weighted by Gasteiger charge is -2.09. The fraction of sp³-hybridized carbons (Fsp3) is 0.118. The number of rotatable bonds is 3. The number of nitrogens with zero attached hydrogens (tertiary/aromatic N) is 1. The van der Waals surface area contributed by atoms with Crippen molar-refractivity contribution in [2.75, 3.05) is 12.4 Å². The normalized spacial score (nSPS) is 10.6. The highest BCUT2D eigenvalue weighted by molar-refractivity contribution is 6.08. The number of oxazole rings is 1. The maximum atomic E-state index is 12.4. The molecule has 0 atom stereocenters. The van der Waals surface area contributed by atoms with Gasteiger partial charge < -0.3 is 14.5 Å². The minimum absolute atomic E-state index is 0.251. The standard InChI is InChI=1S/C17H14N2O5/c1-19-13-8-7-10(9-14(13)24-17(19)22)15(20)18-12-6-4-3-5-11(12)16(21)23-2/h3-9H,1-2H3,(H,18,20). The van der Waals surface area contributed by atoms with Gasteiger partial charge in [-0.15, -0.1) is 0 Å². The first-order chi connectivity index (χ1) is 11.5. The van der Waals surface area contributed by atoms with E-state index in [0.29, 0.717) is 22.4 Å². The number of methoxy groups -OCH3 is 1. The molecule has 1 amide bonds. The highest BCUT2D eigenvalue weighted by Crippen LogP contribution is 2.19. The number of hydrogen-bond donors (Lipinski definition) is 1. The van der Waals surface area contributed by atoms with Gasteiger partial charge in [-0.05, 0) is 30.3 Å². The molecule has 1 heterocycles. The Kier molecular flexibility index (Phi) is 3.91. The zero-order chi connectivity index (χ0) is 17.3. The number of aryl methyl sites for hydroxylation is 1. The quantitative estimate of drug-likeness (QED) is 0.745. The number of para-hydroxylation sites is 1. The van der Waals surface area contributed by atoms with Crippen LogP contribution in [-0.4, -0.2) is 23.6 Å². The minimum atomic E-state index is -0.546. The Bertz CT molecular complexity index is 1000. The summed E-state index contributed by atoms with van der Waals surface area (Å²) in [7, 11) is 2.85. The van der Waals surface area contributed by atoms with Gasteiger partial charge in [0.25, 0.3) is 5.91 Å². The number of amides is 1. The molecule has 0 radical (unpaired) electrons. The predicted molar refractivity (Wildman–Crippen MR) is 87.2 cm³/mol. The summed E-state index contributed by atoms with van der Waals surface area (Å²) in [4.78, 5) is 35.7. The molecule has 122 valence electrons. The van der Waals surface area contributed by atoms with E-state index in [1.165, 1.54) is 17.7 Å². The minimum Gasteiger partial charge on any atom is -0.465 e.